The second kappa shape index (κ2) is 6.16. The van der Waals surface area contributed by atoms with E-state index in [1.165, 1.54) is 0 Å². The zero-order chi connectivity index (χ0) is 17.4. The summed E-state index contributed by atoms with van der Waals surface area (Å²) in [5.74, 6) is 1.83. The number of benzene rings is 1. The molecule has 0 bridgehead atoms. The van der Waals surface area contributed by atoms with Crippen molar-refractivity contribution < 1.29 is 9.53 Å². The molecule has 4 rings (SSSR count). The van der Waals surface area contributed by atoms with Crippen LogP contribution in [0.3, 0.4) is 0 Å². The maximum Gasteiger partial charge on any atom is 0.249 e. The minimum absolute atomic E-state index is 0.0664. The first-order valence-electron chi connectivity index (χ1n) is 8.32. The Balaban J connectivity index is 1.61. The Morgan fingerprint density at radius 3 is 2.80 bits per heavy atom. The number of carbonyl (C=O) groups is 1. The van der Waals surface area contributed by atoms with E-state index in [2.05, 4.69) is 16.1 Å². The highest BCUT2D eigenvalue weighted by Gasteiger charge is 2.25. The number of methoxy groups -OCH3 is 1. The number of aromatic amines is 1. The topological polar surface area (TPSA) is 67.3 Å². The third kappa shape index (κ3) is 2.93. The second-order valence-electron chi connectivity index (χ2n) is 6.38. The van der Waals surface area contributed by atoms with Crippen molar-refractivity contribution in [1.29, 1.82) is 0 Å². The molecule has 2 aliphatic rings. The average Bonchev–Trinajstić information content (AvgIpc) is 3.07. The van der Waals surface area contributed by atoms with Gasteiger partial charge < -0.3 is 9.72 Å². The molecule has 1 aromatic carbocycles. The van der Waals surface area contributed by atoms with Gasteiger partial charge in [-0.15, -0.1) is 0 Å². The van der Waals surface area contributed by atoms with Crippen LogP contribution in [0.2, 0.25) is 0 Å². The van der Waals surface area contributed by atoms with Crippen molar-refractivity contribution in [2.45, 2.75) is 19.8 Å². The Labute approximate surface area is 146 Å². The van der Waals surface area contributed by atoms with Crippen LogP contribution in [0.15, 0.2) is 46.5 Å². The van der Waals surface area contributed by atoms with Gasteiger partial charge in [-0.05, 0) is 54.8 Å². The standard InChI is InChI=1S/C20H19N3O2/c1-12-11-21-19(24)10-16(12)14-5-8-17-18(9-14)23-20(22-17)13-3-6-15(25-2)7-4-13/h3-8,11,14H,9-10H2,1-2H3,(H,22,23)/t14-/m0/s1. The van der Waals surface area contributed by atoms with Gasteiger partial charge in [0.25, 0.3) is 0 Å². The quantitative estimate of drug-likeness (QED) is 0.933. The SMILES string of the molecule is COc1ccc(-c2nc3c([nH]2)C[C@@H](C2=C(C)C=NC(=O)C2)C=C3)cc1. The predicted molar refractivity (Wildman–Crippen MR) is 97.6 cm³/mol. The number of allylic oxidation sites excluding steroid dienone is 2. The zero-order valence-electron chi connectivity index (χ0n) is 14.2. The van der Waals surface area contributed by atoms with Gasteiger partial charge in [0.05, 0.1) is 19.2 Å². The fourth-order valence-electron chi connectivity index (χ4n) is 3.36. The lowest BCUT2D eigenvalue weighted by Gasteiger charge is -2.22. The van der Waals surface area contributed by atoms with Crippen molar-refractivity contribution in [3.63, 3.8) is 0 Å². The summed E-state index contributed by atoms with van der Waals surface area (Å²) in [5, 5.41) is 0. The number of rotatable bonds is 3. The summed E-state index contributed by atoms with van der Waals surface area (Å²) in [4.78, 5) is 23.7. The van der Waals surface area contributed by atoms with Gasteiger partial charge in [0.1, 0.15) is 11.6 Å². The van der Waals surface area contributed by atoms with Gasteiger partial charge in [0.15, 0.2) is 0 Å². The van der Waals surface area contributed by atoms with Gasteiger partial charge in [0, 0.05) is 23.4 Å². The molecule has 0 saturated carbocycles. The van der Waals surface area contributed by atoms with Crippen molar-refractivity contribution in [2.75, 3.05) is 7.11 Å². The summed E-state index contributed by atoms with van der Waals surface area (Å²) in [7, 11) is 1.66. The van der Waals surface area contributed by atoms with Crippen LogP contribution in [0, 0.1) is 5.92 Å². The molecule has 1 atom stereocenters. The monoisotopic (exact) mass is 333 g/mol. The van der Waals surface area contributed by atoms with Crippen LogP contribution in [0.25, 0.3) is 17.5 Å². The number of aliphatic imine (C=N–C) groups is 1. The molecule has 25 heavy (non-hydrogen) atoms. The third-order valence-electron chi connectivity index (χ3n) is 4.78. The maximum absolute atomic E-state index is 11.7. The minimum atomic E-state index is -0.0664. The molecule has 0 fully saturated rings. The Hall–Kier alpha value is -2.95. The first-order valence-corrected chi connectivity index (χ1v) is 8.32. The van der Waals surface area contributed by atoms with Crippen molar-refractivity contribution >= 4 is 18.2 Å². The molecule has 1 aromatic heterocycles. The summed E-state index contributed by atoms with van der Waals surface area (Å²) in [5.41, 5.74) is 5.34. The molecular formula is C20H19N3O2. The highest BCUT2D eigenvalue weighted by atomic mass is 16.5. The fourth-order valence-corrected chi connectivity index (χ4v) is 3.36. The molecule has 0 spiro atoms. The van der Waals surface area contributed by atoms with Gasteiger partial charge >= 0.3 is 0 Å². The lowest BCUT2D eigenvalue weighted by atomic mass is 9.84. The van der Waals surface area contributed by atoms with E-state index in [4.69, 9.17) is 9.72 Å². The second-order valence-corrected chi connectivity index (χ2v) is 6.38. The Morgan fingerprint density at radius 1 is 1.24 bits per heavy atom. The van der Waals surface area contributed by atoms with E-state index in [1.54, 1.807) is 13.3 Å². The molecule has 1 aliphatic carbocycles. The zero-order valence-corrected chi connectivity index (χ0v) is 14.2. The average molecular weight is 333 g/mol. The van der Waals surface area contributed by atoms with E-state index in [9.17, 15) is 4.79 Å². The summed E-state index contributed by atoms with van der Waals surface area (Å²) in [6, 6.07) is 7.84. The van der Waals surface area contributed by atoms with E-state index < -0.39 is 0 Å². The molecule has 1 N–H and O–H groups in total. The van der Waals surface area contributed by atoms with Gasteiger partial charge in [0.2, 0.25) is 5.91 Å². The Morgan fingerprint density at radius 2 is 2.04 bits per heavy atom. The Bertz CT molecular complexity index is 917. The third-order valence-corrected chi connectivity index (χ3v) is 4.78. The molecule has 1 aliphatic heterocycles. The van der Waals surface area contributed by atoms with Crippen LogP contribution in [0.1, 0.15) is 24.7 Å². The van der Waals surface area contributed by atoms with E-state index in [1.807, 2.05) is 37.3 Å². The number of hydrogen-bond acceptors (Lipinski definition) is 3. The van der Waals surface area contributed by atoms with Gasteiger partial charge in [-0.2, -0.15) is 0 Å². The molecule has 0 saturated heterocycles. The summed E-state index contributed by atoms with van der Waals surface area (Å²) >= 11 is 0. The van der Waals surface area contributed by atoms with Crippen molar-refractivity contribution in [1.82, 2.24) is 9.97 Å². The van der Waals surface area contributed by atoms with Crippen molar-refractivity contribution in [3.05, 3.63) is 52.9 Å². The number of ether oxygens (including phenoxy) is 1. The molecule has 2 heterocycles. The van der Waals surface area contributed by atoms with E-state index >= 15 is 0 Å². The van der Waals surface area contributed by atoms with Crippen LogP contribution < -0.4 is 4.74 Å². The van der Waals surface area contributed by atoms with Crippen LogP contribution in [0.5, 0.6) is 5.75 Å². The van der Waals surface area contributed by atoms with Gasteiger partial charge in [-0.25, -0.2) is 9.98 Å². The largest absolute Gasteiger partial charge is 0.497 e. The number of nitrogens with one attached hydrogen (secondary N) is 1. The van der Waals surface area contributed by atoms with Crippen molar-refractivity contribution in [3.8, 4) is 17.1 Å². The van der Waals surface area contributed by atoms with Crippen LogP contribution >= 0.6 is 0 Å². The number of aromatic nitrogens is 2. The fraction of sp³-hybridized carbons (Fsp3) is 0.250. The lowest BCUT2D eigenvalue weighted by molar-refractivity contribution is -0.117. The maximum atomic E-state index is 11.7. The summed E-state index contributed by atoms with van der Waals surface area (Å²) < 4.78 is 5.20. The summed E-state index contributed by atoms with van der Waals surface area (Å²) in [6.07, 6.45) is 7.10. The number of carbonyl (C=O) groups excluding carboxylic acids is 1. The molecule has 0 unspecified atom stereocenters. The lowest BCUT2D eigenvalue weighted by Crippen LogP contribution is -2.16. The molecule has 2 aromatic rings. The normalized spacial score (nSPS) is 19.3. The minimum Gasteiger partial charge on any atom is -0.497 e. The molecular weight excluding hydrogens is 314 g/mol. The molecule has 5 heteroatoms. The number of H-pyrrole nitrogens is 1. The molecule has 5 nitrogen and oxygen atoms in total. The first-order chi connectivity index (χ1) is 12.1. The van der Waals surface area contributed by atoms with Crippen LogP contribution in [-0.4, -0.2) is 29.2 Å². The van der Waals surface area contributed by atoms with Gasteiger partial charge in [-0.1, -0.05) is 6.08 Å². The number of amides is 1. The van der Waals surface area contributed by atoms with E-state index in [-0.39, 0.29) is 11.8 Å². The van der Waals surface area contributed by atoms with Crippen LogP contribution in [0.4, 0.5) is 0 Å². The van der Waals surface area contributed by atoms with Gasteiger partial charge in [-0.3, -0.25) is 4.79 Å². The van der Waals surface area contributed by atoms with E-state index in [0.29, 0.717) is 6.42 Å². The number of fused-ring (bicyclic) bond motifs is 1. The molecule has 1 amide bonds. The number of dihydropyridines is 1. The highest BCUT2D eigenvalue weighted by molar-refractivity contribution is 5.97. The van der Waals surface area contributed by atoms with Crippen LogP contribution in [-0.2, 0) is 11.2 Å². The van der Waals surface area contributed by atoms with Crippen molar-refractivity contribution in [2.24, 2.45) is 10.9 Å². The number of hydrogen-bond donors (Lipinski definition) is 1. The first kappa shape index (κ1) is 15.6. The highest BCUT2D eigenvalue weighted by Crippen LogP contribution is 2.32. The summed E-state index contributed by atoms with van der Waals surface area (Å²) in [6.45, 7) is 2.02. The van der Waals surface area contributed by atoms with E-state index in [0.717, 1.165) is 46.1 Å². The Kier molecular flexibility index (Phi) is 3.84. The molecule has 126 valence electrons. The smallest absolute Gasteiger partial charge is 0.249 e. The predicted octanol–water partition coefficient (Wildman–Crippen LogP) is 3.59. The number of nitrogens with zero attached hydrogens (tertiary/aromatic N) is 2. The number of imidazole rings is 1. The molecule has 0 radical (unpaired) electrons.